The fraction of sp³-hybridized carbons (Fsp3) is 0.381. The predicted molar refractivity (Wildman–Crippen MR) is 118 cm³/mol. The molecule has 0 saturated carbocycles. The van der Waals surface area contributed by atoms with Crippen LogP contribution in [-0.2, 0) is 24.9 Å². The topological polar surface area (TPSA) is 95.7 Å². The van der Waals surface area contributed by atoms with Crippen molar-refractivity contribution in [2.75, 3.05) is 19.8 Å². The van der Waals surface area contributed by atoms with Crippen LogP contribution < -0.4 is 11.2 Å². The SMILES string of the molecule is Cc1c(C)n2c3c(=O)n(Cc4c(F)cccc4Cl)c(=O)n(C)c3nc2n1CCOCCO. The van der Waals surface area contributed by atoms with Crippen molar-refractivity contribution in [2.45, 2.75) is 26.9 Å². The lowest BCUT2D eigenvalue weighted by molar-refractivity contribution is 0.0872. The van der Waals surface area contributed by atoms with Gasteiger partial charge in [-0.05, 0) is 26.0 Å². The van der Waals surface area contributed by atoms with Gasteiger partial charge in [-0.1, -0.05) is 17.7 Å². The lowest BCUT2D eigenvalue weighted by Crippen LogP contribution is -2.40. The molecule has 0 saturated heterocycles. The van der Waals surface area contributed by atoms with Crippen molar-refractivity contribution in [2.24, 2.45) is 7.05 Å². The van der Waals surface area contributed by atoms with Crippen LogP contribution in [-0.4, -0.2) is 48.0 Å². The molecule has 4 rings (SSSR count). The molecule has 0 bridgehead atoms. The van der Waals surface area contributed by atoms with Gasteiger partial charge < -0.3 is 14.4 Å². The molecule has 0 aliphatic carbocycles. The molecule has 0 amide bonds. The molecule has 170 valence electrons. The summed E-state index contributed by atoms with van der Waals surface area (Å²) in [4.78, 5) is 31.0. The number of hydrogen-bond donors (Lipinski definition) is 1. The van der Waals surface area contributed by atoms with E-state index in [1.165, 1.54) is 29.8 Å². The van der Waals surface area contributed by atoms with Gasteiger partial charge in [0.1, 0.15) is 5.82 Å². The van der Waals surface area contributed by atoms with Gasteiger partial charge in [0.05, 0.1) is 26.4 Å². The summed E-state index contributed by atoms with van der Waals surface area (Å²) in [5.74, 6) is -0.0950. The molecule has 0 spiro atoms. The zero-order chi connectivity index (χ0) is 23.2. The van der Waals surface area contributed by atoms with E-state index in [-0.39, 0.29) is 41.5 Å². The fourth-order valence-electron chi connectivity index (χ4n) is 3.89. The highest BCUT2D eigenvalue weighted by atomic mass is 35.5. The zero-order valence-electron chi connectivity index (χ0n) is 17.9. The van der Waals surface area contributed by atoms with Crippen molar-refractivity contribution in [3.8, 4) is 0 Å². The highest BCUT2D eigenvalue weighted by molar-refractivity contribution is 6.31. The first-order valence-electron chi connectivity index (χ1n) is 10.1. The van der Waals surface area contributed by atoms with Crippen LogP contribution in [0, 0.1) is 19.7 Å². The van der Waals surface area contributed by atoms with Crippen LogP contribution >= 0.6 is 11.6 Å². The van der Waals surface area contributed by atoms with Crippen molar-refractivity contribution in [1.29, 1.82) is 0 Å². The van der Waals surface area contributed by atoms with Crippen LogP contribution in [0.1, 0.15) is 17.0 Å². The minimum absolute atomic E-state index is 0.0694. The molecule has 3 aromatic heterocycles. The number of ether oxygens (including phenoxy) is 1. The number of fused-ring (bicyclic) bond motifs is 3. The number of aryl methyl sites for hydroxylation is 2. The Bertz CT molecular complexity index is 1430. The van der Waals surface area contributed by atoms with E-state index in [1.54, 1.807) is 4.40 Å². The predicted octanol–water partition coefficient (Wildman–Crippen LogP) is 1.62. The van der Waals surface area contributed by atoms with Crippen molar-refractivity contribution < 1.29 is 14.2 Å². The van der Waals surface area contributed by atoms with Gasteiger partial charge in [0.15, 0.2) is 11.2 Å². The van der Waals surface area contributed by atoms with E-state index in [2.05, 4.69) is 4.98 Å². The van der Waals surface area contributed by atoms with Crippen molar-refractivity contribution >= 4 is 28.5 Å². The van der Waals surface area contributed by atoms with Crippen LogP contribution in [0.3, 0.4) is 0 Å². The summed E-state index contributed by atoms with van der Waals surface area (Å²) in [7, 11) is 1.52. The normalized spacial score (nSPS) is 11.8. The van der Waals surface area contributed by atoms with E-state index in [0.717, 1.165) is 16.0 Å². The van der Waals surface area contributed by atoms with E-state index in [9.17, 15) is 14.0 Å². The molecule has 11 heteroatoms. The van der Waals surface area contributed by atoms with Crippen LogP contribution in [0.2, 0.25) is 5.02 Å². The van der Waals surface area contributed by atoms with E-state index in [0.29, 0.717) is 18.9 Å². The Balaban J connectivity index is 1.93. The number of hydrogen-bond acceptors (Lipinski definition) is 5. The first-order chi connectivity index (χ1) is 15.3. The number of benzene rings is 1. The monoisotopic (exact) mass is 463 g/mol. The average Bonchev–Trinajstić information content (AvgIpc) is 3.25. The van der Waals surface area contributed by atoms with Gasteiger partial charge in [-0.2, -0.15) is 4.98 Å². The van der Waals surface area contributed by atoms with Crippen molar-refractivity contribution in [1.82, 2.24) is 23.1 Å². The van der Waals surface area contributed by atoms with Gasteiger partial charge in [-0.15, -0.1) is 0 Å². The third-order valence-electron chi connectivity index (χ3n) is 5.70. The molecule has 1 N–H and O–H groups in total. The van der Waals surface area contributed by atoms with E-state index in [4.69, 9.17) is 21.4 Å². The molecular weight excluding hydrogens is 441 g/mol. The number of aromatic nitrogens is 5. The van der Waals surface area contributed by atoms with E-state index < -0.39 is 17.1 Å². The maximum atomic E-state index is 14.3. The number of rotatable bonds is 7. The second-order valence-corrected chi connectivity index (χ2v) is 7.92. The standard InChI is InChI=1S/C21H23ClFN5O4/c1-12-13(2)28-17-18(24-20(28)26(12)7-9-32-10-8-29)25(3)21(31)27(19(17)30)11-14-15(22)5-4-6-16(14)23/h4-6,29H,7-11H2,1-3H3. The largest absolute Gasteiger partial charge is 0.394 e. The van der Waals surface area contributed by atoms with Crippen molar-refractivity contribution in [3.05, 3.63) is 66.8 Å². The summed E-state index contributed by atoms with van der Waals surface area (Å²) in [6.07, 6.45) is 0. The maximum absolute atomic E-state index is 14.3. The molecule has 0 fully saturated rings. The Morgan fingerprint density at radius 3 is 2.59 bits per heavy atom. The van der Waals surface area contributed by atoms with Gasteiger partial charge >= 0.3 is 5.69 Å². The summed E-state index contributed by atoms with van der Waals surface area (Å²) in [5.41, 5.74) is 1.01. The summed E-state index contributed by atoms with van der Waals surface area (Å²) in [6.45, 7) is 4.43. The molecular formula is C21H23ClFN5O4. The van der Waals surface area contributed by atoms with Gasteiger partial charge in [0.2, 0.25) is 5.78 Å². The first-order valence-corrected chi connectivity index (χ1v) is 10.4. The van der Waals surface area contributed by atoms with Crippen LogP contribution in [0.5, 0.6) is 0 Å². The number of aliphatic hydroxyl groups is 1. The van der Waals surface area contributed by atoms with Crippen LogP contribution in [0.15, 0.2) is 27.8 Å². The zero-order valence-corrected chi connectivity index (χ0v) is 18.7. The van der Waals surface area contributed by atoms with Crippen molar-refractivity contribution in [3.63, 3.8) is 0 Å². The average molecular weight is 464 g/mol. The summed E-state index contributed by atoms with van der Waals surface area (Å²) < 4.78 is 25.6. The molecule has 3 heterocycles. The quantitative estimate of drug-likeness (QED) is 0.420. The number of halogens is 2. The van der Waals surface area contributed by atoms with Crippen LogP contribution in [0.25, 0.3) is 16.9 Å². The Morgan fingerprint density at radius 2 is 1.91 bits per heavy atom. The van der Waals surface area contributed by atoms with E-state index in [1.807, 2.05) is 18.4 Å². The number of imidazole rings is 2. The third-order valence-corrected chi connectivity index (χ3v) is 6.06. The van der Waals surface area contributed by atoms with Gasteiger partial charge in [-0.25, -0.2) is 9.18 Å². The summed E-state index contributed by atoms with van der Waals surface area (Å²) >= 11 is 6.12. The second kappa shape index (κ2) is 8.53. The Kier molecular flexibility index (Phi) is 5.93. The van der Waals surface area contributed by atoms with E-state index >= 15 is 0 Å². The minimum Gasteiger partial charge on any atom is -0.394 e. The molecule has 0 radical (unpaired) electrons. The van der Waals surface area contributed by atoms with Gasteiger partial charge in [0, 0.05) is 35.6 Å². The molecule has 9 nitrogen and oxygen atoms in total. The highest BCUT2D eigenvalue weighted by Crippen LogP contribution is 2.22. The summed E-state index contributed by atoms with van der Waals surface area (Å²) in [6, 6.07) is 4.21. The Hall–Kier alpha value is -2.95. The lowest BCUT2D eigenvalue weighted by atomic mass is 10.2. The lowest BCUT2D eigenvalue weighted by Gasteiger charge is -2.10. The maximum Gasteiger partial charge on any atom is 0.332 e. The molecule has 32 heavy (non-hydrogen) atoms. The summed E-state index contributed by atoms with van der Waals surface area (Å²) in [5, 5.41) is 9.03. The fourth-order valence-corrected chi connectivity index (χ4v) is 4.11. The third kappa shape index (κ3) is 3.44. The van der Waals surface area contributed by atoms with Crippen LogP contribution in [0.4, 0.5) is 4.39 Å². The second-order valence-electron chi connectivity index (χ2n) is 7.51. The minimum atomic E-state index is -0.616. The molecule has 0 atom stereocenters. The molecule has 0 aliphatic heterocycles. The Labute approximate surface area is 186 Å². The number of aliphatic hydroxyl groups excluding tert-OH is 1. The molecule has 1 aromatic carbocycles. The number of nitrogens with zero attached hydrogens (tertiary/aromatic N) is 5. The highest BCUT2D eigenvalue weighted by Gasteiger charge is 2.23. The molecule has 0 aliphatic rings. The van der Waals surface area contributed by atoms with Gasteiger partial charge in [0.25, 0.3) is 5.56 Å². The smallest absolute Gasteiger partial charge is 0.332 e. The van der Waals surface area contributed by atoms with Gasteiger partial charge in [-0.3, -0.25) is 18.3 Å². The first kappa shape index (κ1) is 22.3. The molecule has 0 unspecified atom stereocenters. The molecule has 4 aromatic rings. The Morgan fingerprint density at radius 1 is 1.16 bits per heavy atom.